The molecule has 4 rings (SSSR count). The molecule has 0 amide bonds. The lowest BCUT2D eigenvalue weighted by Crippen LogP contribution is -2.50. The van der Waals surface area contributed by atoms with Crippen LogP contribution in [0, 0.1) is 5.92 Å². The van der Waals surface area contributed by atoms with Gasteiger partial charge in [-0.25, -0.2) is 0 Å². The van der Waals surface area contributed by atoms with Gasteiger partial charge in [-0.05, 0) is 36.5 Å². The molecule has 0 spiro atoms. The number of carboxylic acids is 1. The smallest absolute Gasteiger partial charge is 0.309 e. The van der Waals surface area contributed by atoms with Crippen LogP contribution in [0.1, 0.15) is 47.6 Å². The number of fused-ring (bicyclic) bond motifs is 1. The number of aliphatic carboxylic acids is 1. The van der Waals surface area contributed by atoms with Crippen molar-refractivity contribution in [2.75, 3.05) is 33.9 Å². The van der Waals surface area contributed by atoms with E-state index in [4.69, 9.17) is 19.3 Å². The van der Waals surface area contributed by atoms with Crippen LogP contribution in [-0.4, -0.2) is 49.8 Å². The first-order valence-electron chi connectivity index (χ1n) is 12.1. The Labute approximate surface area is 202 Å². The molecule has 0 unspecified atom stereocenters. The summed E-state index contributed by atoms with van der Waals surface area (Å²) in [4.78, 5) is 13.2. The third-order valence-electron chi connectivity index (χ3n) is 6.78. The third kappa shape index (κ3) is 5.45. The number of benzene rings is 2. The van der Waals surface area contributed by atoms with Crippen LogP contribution in [0.5, 0.6) is 11.5 Å². The molecule has 0 radical (unpaired) electrons. The van der Waals surface area contributed by atoms with E-state index in [1.54, 1.807) is 14.2 Å². The van der Waals surface area contributed by atoms with Crippen LogP contribution in [0.4, 0.5) is 0 Å². The standard InChI is InChI=1S/C28H35NO5/c1-4-5-19-6-8-22(26(13-19)32-2)17-34-18-23-10-9-21-12-20(7-11-25(21)27(23)33-3)14-29-15-24(16-29)28(30)31/h6,8-10,12-13,24H,4-5,7,11,14-18H2,1-3H3,(H,30,31). The molecular formula is C28H35NO5. The minimum Gasteiger partial charge on any atom is -0.496 e. The van der Waals surface area contributed by atoms with E-state index < -0.39 is 5.97 Å². The molecule has 6 heteroatoms. The summed E-state index contributed by atoms with van der Waals surface area (Å²) in [6.07, 6.45) is 6.27. The maximum Gasteiger partial charge on any atom is 0.309 e. The quantitative estimate of drug-likeness (QED) is 0.518. The second-order valence-electron chi connectivity index (χ2n) is 9.25. The molecule has 6 nitrogen and oxygen atoms in total. The molecule has 1 fully saturated rings. The fraction of sp³-hybridized carbons (Fsp3) is 0.464. The Morgan fingerprint density at radius 1 is 1.06 bits per heavy atom. The summed E-state index contributed by atoms with van der Waals surface area (Å²) in [5, 5.41) is 9.08. The summed E-state index contributed by atoms with van der Waals surface area (Å²) in [5.74, 6) is 0.880. The van der Waals surface area contributed by atoms with Crippen LogP contribution in [0.2, 0.25) is 0 Å². The molecule has 182 valence electrons. The van der Waals surface area contributed by atoms with Crippen LogP contribution in [-0.2, 0) is 35.6 Å². The van der Waals surface area contributed by atoms with Crippen molar-refractivity contribution in [1.29, 1.82) is 0 Å². The maximum absolute atomic E-state index is 11.0. The molecule has 0 saturated carbocycles. The Morgan fingerprint density at radius 3 is 2.53 bits per heavy atom. The molecule has 1 aliphatic heterocycles. The predicted octanol–water partition coefficient (Wildman–Crippen LogP) is 4.72. The lowest BCUT2D eigenvalue weighted by atomic mass is 9.88. The number of carbonyl (C=O) groups is 1. The van der Waals surface area contributed by atoms with Crippen molar-refractivity contribution < 1.29 is 24.1 Å². The van der Waals surface area contributed by atoms with Crippen LogP contribution in [0.15, 0.2) is 35.9 Å². The normalized spacial score (nSPS) is 15.9. The molecular weight excluding hydrogens is 430 g/mol. The minimum absolute atomic E-state index is 0.214. The zero-order valence-corrected chi connectivity index (χ0v) is 20.4. The Bertz CT molecular complexity index is 1060. The van der Waals surface area contributed by atoms with Crippen LogP contribution in [0.3, 0.4) is 0 Å². The van der Waals surface area contributed by atoms with Gasteiger partial charge in [0.25, 0.3) is 0 Å². The minimum atomic E-state index is -0.689. The van der Waals surface area contributed by atoms with Crippen LogP contribution < -0.4 is 9.47 Å². The van der Waals surface area contributed by atoms with Crippen molar-refractivity contribution >= 4 is 12.0 Å². The maximum atomic E-state index is 11.0. The van der Waals surface area contributed by atoms with Crippen molar-refractivity contribution in [3.8, 4) is 11.5 Å². The average Bonchev–Trinajstić information content (AvgIpc) is 2.81. The highest BCUT2D eigenvalue weighted by atomic mass is 16.5. The fourth-order valence-corrected chi connectivity index (χ4v) is 4.92. The van der Waals surface area contributed by atoms with E-state index in [-0.39, 0.29) is 5.92 Å². The van der Waals surface area contributed by atoms with E-state index in [0.29, 0.717) is 26.3 Å². The van der Waals surface area contributed by atoms with Gasteiger partial charge in [-0.2, -0.15) is 0 Å². The van der Waals surface area contributed by atoms with Gasteiger partial charge < -0.3 is 19.3 Å². The molecule has 0 aromatic heterocycles. The molecule has 2 aromatic rings. The molecule has 1 saturated heterocycles. The highest BCUT2D eigenvalue weighted by Crippen LogP contribution is 2.35. The zero-order valence-electron chi connectivity index (χ0n) is 20.4. The lowest BCUT2D eigenvalue weighted by Gasteiger charge is -2.37. The summed E-state index contributed by atoms with van der Waals surface area (Å²) in [5.41, 5.74) is 7.13. The van der Waals surface area contributed by atoms with Gasteiger partial charge in [0.15, 0.2) is 0 Å². The van der Waals surface area contributed by atoms with Crippen LogP contribution >= 0.6 is 0 Å². The number of ether oxygens (including phenoxy) is 3. The summed E-state index contributed by atoms with van der Waals surface area (Å²) >= 11 is 0. The van der Waals surface area contributed by atoms with Gasteiger partial charge in [-0.15, -0.1) is 0 Å². The monoisotopic (exact) mass is 465 g/mol. The second kappa shape index (κ2) is 11.1. The van der Waals surface area contributed by atoms with E-state index in [0.717, 1.165) is 54.9 Å². The van der Waals surface area contributed by atoms with Gasteiger partial charge in [0.2, 0.25) is 0 Å². The SMILES string of the molecule is CCCc1ccc(COCc2ccc3c(c2OC)CCC(CN2CC(C(=O)O)C2)=C3)c(OC)c1. The zero-order chi connectivity index (χ0) is 24.1. The number of hydrogen-bond acceptors (Lipinski definition) is 5. The van der Waals surface area contributed by atoms with Gasteiger partial charge >= 0.3 is 5.97 Å². The molecule has 2 aliphatic rings. The van der Waals surface area contributed by atoms with Crippen molar-refractivity contribution in [1.82, 2.24) is 4.90 Å². The second-order valence-corrected chi connectivity index (χ2v) is 9.25. The van der Waals surface area contributed by atoms with Crippen molar-refractivity contribution in [3.63, 3.8) is 0 Å². The van der Waals surface area contributed by atoms with E-state index in [9.17, 15) is 4.79 Å². The van der Waals surface area contributed by atoms with Crippen molar-refractivity contribution in [2.24, 2.45) is 5.92 Å². The number of nitrogens with zero attached hydrogens (tertiary/aromatic N) is 1. The molecule has 0 atom stereocenters. The van der Waals surface area contributed by atoms with Crippen LogP contribution in [0.25, 0.3) is 6.08 Å². The summed E-state index contributed by atoms with van der Waals surface area (Å²) in [6, 6.07) is 10.6. The van der Waals surface area contributed by atoms with E-state index >= 15 is 0 Å². The number of hydrogen-bond donors (Lipinski definition) is 1. The Kier molecular flexibility index (Phi) is 7.91. The molecule has 1 heterocycles. The Balaban J connectivity index is 1.39. The number of carboxylic acid groups (broad SMARTS) is 1. The Hall–Kier alpha value is -2.83. The number of methoxy groups -OCH3 is 2. The van der Waals surface area contributed by atoms with E-state index in [1.165, 1.54) is 22.3 Å². The predicted molar refractivity (Wildman–Crippen MR) is 132 cm³/mol. The van der Waals surface area contributed by atoms with Crippen molar-refractivity contribution in [3.05, 3.63) is 63.7 Å². The highest BCUT2D eigenvalue weighted by Gasteiger charge is 2.32. The van der Waals surface area contributed by atoms with Gasteiger partial charge in [-0.1, -0.05) is 49.3 Å². The molecule has 1 N–H and O–H groups in total. The largest absolute Gasteiger partial charge is 0.496 e. The summed E-state index contributed by atoms with van der Waals surface area (Å²) in [7, 11) is 3.43. The lowest BCUT2D eigenvalue weighted by molar-refractivity contribution is -0.147. The molecule has 1 aliphatic carbocycles. The fourth-order valence-electron chi connectivity index (χ4n) is 4.92. The number of aryl methyl sites for hydroxylation is 1. The first kappa shape index (κ1) is 24.3. The first-order chi connectivity index (χ1) is 16.5. The average molecular weight is 466 g/mol. The highest BCUT2D eigenvalue weighted by molar-refractivity contribution is 5.71. The van der Waals surface area contributed by atoms with Crippen molar-refractivity contribution in [2.45, 2.75) is 45.8 Å². The van der Waals surface area contributed by atoms with E-state index in [2.05, 4.69) is 48.2 Å². The van der Waals surface area contributed by atoms with Gasteiger partial charge in [0.05, 0.1) is 33.4 Å². The molecule has 34 heavy (non-hydrogen) atoms. The number of likely N-dealkylation sites (tertiary alicyclic amines) is 1. The van der Waals surface area contributed by atoms with Gasteiger partial charge in [-0.3, -0.25) is 9.69 Å². The Morgan fingerprint density at radius 2 is 1.82 bits per heavy atom. The summed E-state index contributed by atoms with van der Waals surface area (Å²) in [6.45, 7) is 5.25. The van der Waals surface area contributed by atoms with Gasteiger partial charge in [0.1, 0.15) is 11.5 Å². The van der Waals surface area contributed by atoms with E-state index in [1.807, 2.05) is 0 Å². The topological polar surface area (TPSA) is 68.2 Å². The van der Waals surface area contributed by atoms with Gasteiger partial charge in [0, 0.05) is 36.3 Å². The molecule has 0 bridgehead atoms. The molecule has 2 aromatic carbocycles. The summed E-state index contributed by atoms with van der Waals surface area (Å²) < 4.78 is 17.5. The number of rotatable bonds is 11. The third-order valence-corrected chi connectivity index (χ3v) is 6.78. The first-order valence-corrected chi connectivity index (χ1v) is 12.1.